The van der Waals surface area contributed by atoms with Crippen molar-refractivity contribution < 1.29 is 14.3 Å². The Labute approximate surface area is 216 Å². The van der Waals surface area contributed by atoms with Gasteiger partial charge in [0.1, 0.15) is 5.82 Å². The molecule has 0 bridgehead atoms. The molecule has 0 saturated heterocycles. The summed E-state index contributed by atoms with van der Waals surface area (Å²) in [4.78, 5) is 21.5. The van der Waals surface area contributed by atoms with Gasteiger partial charge in [0.25, 0.3) is 5.91 Å². The van der Waals surface area contributed by atoms with Crippen molar-refractivity contribution >= 4 is 30.0 Å². The SMILES string of the molecule is COc1cc(Cc2cnc(N)nc2N)cc(/C=C/C(=O)N2N=Cc3ccccc3C2CC(C)C)c1OC. The maximum atomic E-state index is 13.4. The molecule has 1 unspecified atom stereocenters. The Bertz CT molecular complexity index is 1350. The molecule has 1 aromatic heterocycles. The van der Waals surface area contributed by atoms with Crippen LogP contribution in [0.5, 0.6) is 11.5 Å². The van der Waals surface area contributed by atoms with Crippen LogP contribution in [0.25, 0.3) is 6.08 Å². The summed E-state index contributed by atoms with van der Waals surface area (Å²) in [6.07, 6.45) is 7.82. The lowest BCUT2D eigenvalue weighted by molar-refractivity contribution is -0.128. The second-order valence-electron chi connectivity index (χ2n) is 9.27. The van der Waals surface area contributed by atoms with Crippen LogP contribution in [0.3, 0.4) is 0 Å². The molecule has 4 N–H and O–H groups in total. The summed E-state index contributed by atoms with van der Waals surface area (Å²) in [5.74, 6) is 1.64. The number of carbonyl (C=O) groups excluding carboxylic acids is 1. The highest BCUT2D eigenvalue weighted by atomic mass is 16.5. The molecule has 0 aliphatic carbocycles. The highest BCUT2D eigenvalue weighted by Crippen LogP contribution is 2.36. The molecule has 0 spiro atoms. The number of hydrazone groups is 1. The van der Waals surface area contributed by atoms with Crippen molar-refractivity contribution in [3.05, 3.63) is 76.5 Å². The molecule has 4 rings (SSSR count). The fourth-order valence-corrected chi connectivity index (χ4v) is 4.46. The van der Waals surface area contributed by atoms with E-state index < -0.39 is 0 Å². The van der Waals surface area contributed by atoms with E-state index >= 15 is 0 Å². The van der Waals surface area contributed by atoms with Crippen LogP contribution in [0.1, 0.15) is 54.1 Å². The van der Waals surface area contributed by atoms with Crippen LogP contribution >= 0.6 is 0 Å². The Morgan fingerprint density at radius 1 is 1.16 bits per heavy atom. The van der Waals surface area contributed by atoms with Gasteiger partial charge in [-0.3, -0.25) is 4.79 Å². The van der Waals surface area contributed by atoms with Gasteiger partial charge in [-0.05, 0) is 47.2 Å². The van der Waals surface area contributed by atoms with Crippen LogP contribution in [0.15, 0.2) is 53.8 Å². The maximum Gasteiger partial charge on any atom is 0.267 e. The maximum absolute atomic E-state index is 13.4. The summed E-state index contributed by atoms with van der Waals surface area (Å²) in [5, 5.41) is 6.05. The third-order valence-electron chi connectivity index (χ3n) is 6.18. The van der Waals surface area contributed by atoms with E-state index in [0.29, 0.717) is 35.2 Å². The van der Waals surface area contributed by atoms with Crippen molar-refractivity contribution in [3.8, 4) is 11.5 Å². The minimum atomic E-state index is -0.223. The topological polar surface area (TPSA) is 129 Å². The molecule has 9 nitrogen and oxygen atoms in total. The largest absolute Gasteiger partial charge is 0.493 e. The van der Waals surface area contributed by atoms with Gasteiger partial charge in [0, 0.05) is 29.8 Å². The fourth-order valence-electron chi connectivity index (χ4n) is 4.46. The monoisotopic (exact) mass is 500 g/mol. The van der Waals surface area contributed by atoms with E-state index in [4.69, 9.17) is 20.9 Å². The van der Waals surface area contributed by atoms with E-state index in [1.54, 1.807) is 37.7 Å². The van der Waals surface area contributed by atoms with Crippen molar-refractivity contribution in [3.63, 3.8) is 0 Å². The number of hydrogen-bond donors (Lipinski definition) is 2. The Morgan fingerprint density at radius 3 is 2.65 bits per heavy atom. The molecule has 3 aromatic rings. The third kappa shape index (κ3) is 5.72. The molecule has 1 atom stereocenters. The molecular weight excluding hydrogens is 468 g/mol. The van der Waals surface area contributed by atoms with Crippen LogP contribution in [-0.4, -0.2) is 41.3 Å². The van der Waals surface area contributed by atoms with Gasteiger partial charge in [0.15, 0.2) is 11.5 Å². The van der Waals surface area contributed by atoms with Crippen molar-refractivity contribution in [1.29, 1.82) is 0 Å². The fraction of sp³-hybridized carbons (Fsp3) is 0.286. The van der Waals surface area contributed by atoms with Crippen molar-refractivity contribution in [2.75, 3.05) is 25.7 Å². The summed E-state index contributed by atoms with van der Waals surface area (Å²) in [6.45, 7) is 4.28. The average Bonchev–Trinajstić information content (AvgIpc) is 2.88. The molecule has 1 amide bonds. The molecule has 2 aromatic carbocycles. The Morgan fingerprint density at radius 2 is 1.95 bits per heavy atom. The Hall–Kier alpha value is -4.40. The van der Waals surface area contributed by atoms with Crippen LogP contribution in [0.2, 0.25) is 0 Å². The number of fused-ring (bicyclic) bond motifs is 1. The first-order valence-electron chi connectivity index (χ1n) is 12.1. The van der Waals surface area contributed by atoms with Crippen LogP contribution in [0, 0.1) is 5.92 Å². The quantitative estimate of drug-likeness (QED) is 0.443. The zero-order valence-electron chi connectivity index (χ0n) is 21.5. The van der Waals surface area contributed by atoms with Gasteiger partial charge < -0.3 is 20.9 Å². The summed E-state index contributed by atoms with van der Waals surface area (Å²) >= 11 is 0. The zero-order valence-corrected chi connectivity index (χ0v) is 21.5. The lowest BCUT2D eigenvalue weighted by Crippen LogP contribution is -2.33. The molecule has 2 heterocycles. The summed E-state index contributed by atoms with van der Waals surface area (Å²) in [6, 6.07) is 11.7. The number of carbonyl (C=O) groups is 1. The van der Waals surface area contributed by atoms with Crippen molar-refractivity contribution in [1.82, 2.24) is 15.0 Å². The first kappa shape index (κ1) is 25.7. The van der Waals surface area contributed by atoms with Crippen LogP contribution in [-0.2, 0) is 11.2 Å². The Balaban J connectivity index is 1.65. The number of nitrogens with zero attached hydrogens (tertiary/aromatic N) is 4. The van der Waals surface area contributed by atoms with Gasteiger partial charge in [-0.15, -0.1) is 0 Å². The van der Waals surface area contributed by atoms with Crippen LogP contribution in [0.4, 0.5) is 11.8 Å². The van der Waals surface area contributed by atoms with E-state index in [1.165, 1.54) is 6.08 Å². The first-order chi connectivity index (χ1) is 17.8. The number of nitrogens with two attached hydrogens (primary N) is 2. The molecule has 9 heteroatoms. The van der Waals surface area contributed by atoms with Crippen LogP contribution < -0.4 is 20.9 Å². The van der Waals surface area contributed by atoms with Gasteiger partial charge in [0.05, 0.1) is 26.5 Å². The smallest absolute Gasteiger partial charge is 0.267 e. The number of methoxy groups -OCH3 is 2. The summed E-state index contributed by atoms with van der Waals surface area (Å²) in [5.41, 5.74) is 16.1. The predicted molar refractivity (Wildman–Crippen MR) is 145 cm³/mol. The van der Waals surface area contributed by atoms with E-state index in [1.807, 2.05) is 30.3 Å². The molecule has 37 heavy (non-hydrogen) atoms. The zero-order chi connectivity index (χ0) is 26.5. The number of ether oxygens (including phenoxy) is 2. The standard InChI is InChI=1S/C28H32N6O3/c1-17(2)11-23-22-8-6-5-7-20(22)16-32-34(23)25(35)10-9-19-12-18(14-24(36-3)26(19)37-4)13-21-15-31-28(30)33-27(21)29/h5-10,12,14-17,23H,11,13H2,1-4H3,(H4,29,30,31,33)/b10-9+. The van der Waals surface area contributed by atoms with E-state index in [-0.39, 0.29) is 17.9 Å². The van der Waals surface area contributed by atoms with E-state index in [0.717, 1.165) is 28.7 Å². The van der Waals surface area contributed by atoms with Gasteiger partial charge >= 0.3 is 0 Å². The van der Waals surface area contributed by atoms with Gasteiger partial charge in [-0.1, -0.05) is 38.1 Å². The number of rotatable bonds is 8. The van der Waals surface area contributed by atoms with Crippen molar-refractivity contribution in [2.45, 2.75) is 32.7 Å². The molecule has 192 valence electrons. The van der Waals surface area contributed by atoms with Crippen molar-refractivity contribution in [2.24, 2.45) is 11.0 Å². The predicted octanol–water partition coefficient (Wildman–Crippen LogP) is 4.23. The number of nitrogen functional groups attached to an aromatic ring is 2. The first-order valence-corrected chi connectivity index (χ1v) is 12.1. The minimum absolute atomic E-state index is 0.120. The minimum Gasteiger partial charge on any atom is -0.493 e. The highest BCUT2D eigenvalue weighted by molar-refractivity contribution is 5.95. The summed E-state index contributed by atoms with van der Waals surface area (Å²) in [7, 11) is 3.13. The van der Waals surface area contributed by atoms with E-state index in [9.17, 15) is 4.79 Å². The number of benzene rings is 2. The second kappa shape index (κ2) is 11.1. The normalized spacial score (nSPS) is 14.7. The second-order valence-corrected chi connectivity index (χ2v) is 9.27. The molecule has 0 fully saturated rings. The highest BCUT2D eigenvalue weighted by Gasteiger charge is 2.29. The third-order valence-corrected chi connectivity index (χ3v) is 6.18. The molecular formula is C28H32N6O3. The number of aromatic nitrogens is 2. The Kier molecular flexibility index (Phi) is 7.71. The van der Waals surface area contributed by atoms with Gasteiger partial charge in [-0.25, -0.2) is 9.99 Å². The number of hydrogen-bond acceptors (Lipinski definition) is 8. The van der Waals surface area contributed by atoms with Gasteiger partial charge in [0.2, 0.25) is 5.95 Å². The lowest BCUT2D eigenvalue weighted by Gasteiger charge is -2.32. The lowest BCUT2D eigenvalue weighted by atomic mass is 9.92. The number of amides is 1. The van der Waals surface area contributed by atoms with Gasteiger partial charge in [-0.2, -0.15) is 10.1 Å². The molecule has 1 aliphatic heterocycles. The molecule has 1 aliphatic rings. The van der Waals surface area contributed by atoms with E-state index in [2.05, 4.69) is 35.0 Å². The molecule has 0 saturated carbocycles. The average molecular weight is 501 g/mol. The summed E-state index contributed by atoms with van der Waals surface area (Å²) < 4.78 is 11.2. The molecule has 0 radical (unpaired) electrons. The number of anilines is 2.